The van der Waals surface area contributed by atoms with Crippen molar-refractivity contribution in [2.75, 3.05) is 6.54 Å². The van der Waals surface area contributed by atoms with Crippen molar-refractivity contribution in [3.63, 3.8) is 0 Å². The van der Waals surface area contributed by atoms with E-state index in [9.17, 15) is 19.2 Å². The van der Waals surface area contributed by atoms with Gasteiger partial charge < -0.3 is 10.2 Å². The van der Waals surface area contributed by atoms with Crippen LogP contribution >= 0.6 is 0 Å². The van der Waals surface area contributed by atoms with E-state index in [1.54, 1.807) is 0 Å². The third-order valence-corrected chi connectivity index (χ3v) is 3.09. The van der Waals surface area contributed by atoms with Gasteiger partial charge in [-0.15, -0.1) is 5.06 Å². The molecule has 0 bridgehead atoms. The topological polar surface area (TPSA) is 92.8 Å². The van der Waals surface area contributed by atoms with Gasteiger partial charge in [0.1, 0.15) is 0 Å². The zero-order valence-corrected chi connectivity index (χ0v) is 12.4. The summed E-state index contributed by atoms with van der Waals surface area (Å²) in [6.45, 7) is 2.73. The Kier molecular flexibility index (Phi) is 7.42. The predicted molar refractivity (Wildman–Crippen MR) is 73.6 cm³/mol. The quantitative estimate of drug-likeness (QED) is 0.507. The number of hydroxylamine groups is 2. The number of unbranched alkanes of at least 4 members (excludes halogenated alkanes) is 2. The van der Waals surface area contributed by atoms with E-state index < -0.39 is 17.8 Å². The molecule has 1 saturated heterocycles. The molecule has 0 aromatic carbocycles. The van der Waals surface area contributed by atoms with Crippen molar-refractivity contribution in [3.05, 3.63) is 0 Å². The third-order valence-electron chi connectivity index (χ3n) is 3.09. The van der Waals surface area contributed by atoms with Crippen molar-refractivity contribution < 1.29 is 24.0 Å². The van der Waals surface area contributed by atoms with Crippen molar-refractivity contribution in [2.45, 2.75) is 58.3 Å². The van der Waals surface area contributed by atoms with Crippen LogP contribution in [0.1, 0.15) is 58.3 Å². The summed E-state index contributed by atoms with van der Waals surface area (Å²) in [4.78, 5) is 50.1. The fourth-order valence-corrected chi connectivity index (χ4v) is 1.89. The molecular weight excluding hydrogens is 276 g/mol. The predicted octanol–water partition coefficient (Wildman–Crippen LogP) is 1.07. The van der Waals surface area contributed by atoms with E-state index in [0.717, 1.165) is 19.3 Å². The van der Waals surface area contributed by atoms with E-state index in [-0.39, 0.29) is 31.6 Å². The summed E-state index contributed by atoms with van der Waals surface area (Å²) in [5.41, 5.74) is 0. The van der Waals surface area contributed by atoms with Gasteiger partial charge in [-0.1, -0.05) is 19.8 Å². The lowest BCUT2D eigenvalue weighted by Crippen LogP contribution is -2.32. The molecule has 0 radical (unpaired) electrons. The highest BCUT2D eigenvalue weighted by Gasteiger charge is 2.32. The summed E-state index contributed by atoms with van der Waals surface area (Å²) in [5, 5.41) is 3.29. The summed E-state index contributed by atoms with van der Waals surface area (Å²) in [6, 6.07) is 0. The molecule has 0 aliphatic carbocycles. The first-order valence-electron chi connectivity index (χ1n) is 7.38. The van der Waals surface area contributed by atoms with Crippen LogP contribution in [-0.2, 0) is 24.0 Å². The first-order valence-corrected chi connectivity index (χ1v) is 7.38. The Bertz CT molecular complexity index is 392. The molecule has 1 N–H and O–H groups in total. The number of carbonyl (C=O) groups is 4. The fourth-order valence-electron chi connectivity index (χ4n) is 1.89. The van der Waals surface area contributed by atoms with Crippen molar-refractivity contribution in [1.82, 2.24) is 10.4 Å². The SMILES string of the molecule is CCCCCNC(=O)CCCC(=O)ON1C(=O)CCC1=O. The van der Waals surface area contributed by atoms with Gasteiger partial charge >= 0.3 is 5.97 Å². The second-order valence-corrected chi connectivity index (χ2v) is 4.96. The Hall–Kier alpha value is -1.92. The highest BCUT2D eigenvalue weighted by molar-refractivity contribution is 6.01. The highest BCUT2D eigenvalue weighted by atomic mass is 16.7. The second kappa shape index (κ2) is 9.10. The van der Waals surface area contributed by atoms with Gasteiger partial charge in [0.2, 0.25) is 5.91 Å². The average Bonchev–Trinajstić information content (AvgIpc) is 2.75. The van der Waals surface area contributed by atoms with Crippen LogP contribution < -0.4 is 5.32 Å². The highest BCUT2D eigenvalue weighted by Crippen LogP contribution is 2.13. The molecule has 7 nitrogen and oxygen atoms in total. The van der Waals surface area contributed by atoms with Gasteiger partial charge in [0, 0.05) is 32.2 Å². The van der Waals surface area contributed by atoms with E-state index in [2.05, 4.69) is 12.2 Å². The molecule has 118 valence electrons. The molecule has 1 rings (SSSR count). The second-order valence-electron chi connectivity index (χ2n) is 4.96. The summed E-state index contributed by atoms with van der Waals surface area (Å²) < 4.78 is 0. The Balaban J connectivity index is 2.11. The molecule has 0 aromatic heterocycles. The molecule has 1 fully saturated rings. The van der Waals surface area contributed by atoms with Crippen LogP contribution in [0.5, 0.6) is 0 Å². The number of carbonyl (C=O) groups excluding carboxylic acids is 4. The summed E-state index contributed by atoms with van der Waals surface area (Å²) in [7, 11) is 0. The van der Waals surface area contributed by atoms with Crippen LogP contribution in [0, 0.1) is 0 Å². The van der Waals surface area contributed by atoms with E-state index in [4.69, 9.17) is 4.84 Å². The maximum atomic E-state index is 11.5. The third kappa shape index (κ3) is 6.37. The Morgan fingerprint density at radius 1 is 1.10 bits per heavy atom. The number of hydrogen-bond acceptors (Lipinski definition) is 5. The molecule has 21 heavy (non-hydrogen) atoms. The zero-order valence-electron chi connectivity index (χ0n) is 12.4. The minimum absolute atomic E-state index is 0.000556. The average molecular weight is 298 g/mol. The molecule has 1 heterocycles. The molecule has 3 amide bonds. The van der Waals surface area contributed by atoms with Crippen molar-refractivity contribution >= 4 is 23.7 Å². The van der Waals surface area contributed by atoms with Crippen molar-refractivity contribution in [2.24, 2.45) is 0 Å². The van der Waals surface area contributed by atoms with Crippen LogP contribution in [0.2, 0.25) is 0 Å². The van der Waals surface area contributed by atoms with E-state index in [1.165, 1.54) is 0 Å². The molecule has 0 saturated carbocycles. The summed E-state index contributed by atoms with van der Waals surface area (Å²) in [5.74, 6) is -1.77. The summed E-state index contributed by atoms with van der Waals surface area (Å²) >= 11 is 0. The largest absolute Gasteiger partial charge is 0.356 e. The molecule has 7 heteroatoms. The van der Waals surface area contributed by atoms with Crippen LogP contribution in [0.25, 0.3) is 0 Å². The maximum absolute atomic E-state index is 11.5. The van der Waals surface area contributed by atoms with Gasteiger partial charge in [-0.05, 0) is 12.8 Å². The van der Waals surface area contributed by atoms with Crippen LogP contribution in [0.4, 0.5) is 0 Å². The normalized spacial score (nSPS) is 14.4. The lowest BCUT2D eigenvalue weighted by Gasteiger charge is -2.12. The molecule has 1 aliphatic rings. The minimum Gasteiger partial charge on any atom is -0.356 e. The first kappa shape index (κ1) is 17.1. The molecular formula is C14H22N2O5. The molecule has 0 aromatic rings. The Labute approximate surface area is 124 Å². The van der Waals surface area contributed by atoms with E-state index in [0.29, 0.717) is 18.0 Å². The van der Waals surface area contributed by atoms with Crippen molar-refractivity contribution in [3.8, 4) is 0 Å². The van der Waals surface area contributed by atoms with Gasteiger partial charge in [-0.2, -0.15) is 0 Å². The van der Waals surface area contributed by atoms with E-state index >= 15 is 0 Å². The Morgan fingerprint density at radius 2 is 1.76 bits per heavy atom. The minimum atomic E-state index is -0.669. The number of nitrogens with zero attached hydrogens (tertiary/aromatic N) is 1. The van der Waals surface area contributed by atoms with Crippen LogP contribution in [0.3, 0.4) is 0 Å². The number of rotatable bonds is 9. The number of hydrogen-bond donors (Lipinski definition) is 1. The maximum Gasteiger partial charge on any atom is 0.333 e. The van der Waals surface area contributed by atoms with Gasteiger partial charge in [0.15, 0.2) is 0 Å². The lowest BCUT2D eigenvalue weighted by molar-refractivity contribution is -0.197. The van der Waals surface area contributed by atoms with Crippen LogP contribution in [-0.4, -0.2) is 35.3 Å². The standard InChI is InChI=1S/C14H22N2O5/c1-2-3-4-10-15-11(17)6-5-7-14(20)21-16-12(18)8-9-13(16)19/h2-10H2,1H3,(H,15,17). The lowest BCUT2D eigenvalue weighted by atomic mass is 10.2. The van der Waals surface area contributed by atoms with Gasteiger partial charge in [0.25, 0.3) is 11.8 Å². The van der Waals surface area contributed by atoms with E-state index in [1.807, 2.05) is 0 Å². The fraction of sp³-hybridized carbons (Fsp3) is 0.714. The molecule has 1 aliphatic heterocycles. The van der Waals surface area contributed by atoms with Crippen molar-refractivity contribution in [1.29, 1.82) is 0 Å². The van der Waals surface area contributed by atoms with Crippen LogP contribution in [0.15, 0.2) is 0 Å². The number of imide groups is 1. The molecule has 0 unspecified atom stereocenters. The number of amides is 3. The first-order chi connectivity index (χ1) is 10.0. The molecule has 0 spiro atoms. The van der Waals surface area contributed by atoms with Gasteiger partial charge in [0.05, 0.1) is 0 Å². The monoisotopic (exact) mass is 298 g/mol. The van der Waals surface area contributed by atoms with Gasteiger partial charge in [-0.25, -0.2) is 4.79 Å². The Morgan fingerprint density at radius 3 is 2.38 bits per heavy atom. The summed E-state index contributed by atoms with van der Waals surface area (Å²) in [6.07, 6.45) is 3.82. The smallest absolute Gasteiger partial charge is 0.333 e. The van der Waals surface area contributed by atoms with Gasteiger partial charge in [-0.3, -0.25) is 14.4 Å². The zero-order chi connectivity index (χ0) is 15.7. The molecule has 0 atom stereocenters. The number of nitrogens with one attached hydrogen (secondary N) is 1.